The fourth-order valence-electron chi connectivity index (χ4n) is 1.26. The van der Waals surface area contributed by atoms with Gasteiger partial charge in [0.25, 0.3) is 0 Å². The Bertz CT molecular complexity index is 394. The number of nitrogens with zero attached hydrogens (tertiary/aromatic N) is 1. The number of benzene rings is 1. The lowest BCUT2D eigenvalue weighted by Gasteiger charge is -2.19. The van der Waals surface area contributed by atoms with Crippen LogP contribution in [0.3, 0.4) is 0 Å². The number of hydrogen-bond acceptors (Lipinski definition) is 3. The Hall–Kier alpha value is -0.480. The summed E-state index contributed by atoms with van der Waals surface area (Å²) in [4.78, 5) is 9.41. The molecule has 0 saturated carbocycles. The van der Waals surface area contributed by atoms with Gasteiger partial charge in [-0.05, 0) is 0 Å². The minimum Gasteiger partial charge on any atom is -0.246 e. The SMILES string of the molecule is ClCC(Cl)(Cl)C1N=C(c2ccccc2)NO1. The van der Waals surface area contributed by atoms with E-state index in [1.807, 2.05) is 30.3 Å². The lowest BCUT2D eigenvalue weighted by Crippen LogP contribution is -2.33. The molecule has 0 aromatic heterocycles. The molecule has 6 heteroatoms. The Kier molecular flexibility index (Phi) is 3.60. The molecule has 3 nitrogen and oxygen atoms in total. The van der Waals surface area contributed by atoms with Gasteiger partial charge in [0.1, 0.15) is 0 Å². The first kappa shape index (κ1) is 12.0. The third-order valence-corrected chi connectivity index (χ3v) is 3.44. The molecular formula is C10H9Cl3N2O. The van der Waals surface area contributed by atoms with Crippen molar-refractivity contribution in [3.63, 3.8) is 0 Å². The molecule has 0 spiro atoms. The van der Waals surface area contributed by atoms with Gasteiger partial charge in [-0.1, -0.05) is 53.5 Å². The third kappa shape index (κ3) is 2.43. The first-order valence-corrected chi connectivity index (χ1v) is 5.91. The fraction of sp³-hybridized carbons (Fsp3) is 0.300. The summed E-state index contributed by atoms with van der Waals surface area (Å²) in [6.07, 6.45) is -0.705. The Balaban J connectivity index is 2.19. The summed E-state index contributed by atoms with van der Waals surface area (Å²) in [6.45, 7) is 0. The van der Waals surface area contributed by atoms with Crippen LogP contribution in [0.25, 0.3) is 0 Å². The maximum atomic E-state index is 5.94. The van der Waals surface area contributed by atoms with Gasteiger partial charge in [0.05, 0.1) is 5.88 Å². The predicted molar refractivity (Wildman–Crippen MR) is 66.1 cm³/mol. The monoisotopic (exact) mass is 278 g/mol. The molecule has 1 aromatic carbocycles. The normalized spacial score (nSPS) is 20.4. The first-order chi connectivity index (χ1) is 7.63. The molecule has 1 aromatic rings. The van der Waals surface area contributed by atoms with Gasteiger partial charge in [0.15, 0.2) is 10.2 Å². The summed E-state index contributed by atoms with van der Waals surface area (Å²) in [6, 6.07) is 9.54. The van der Waals surface area contributed by atoms with E-state index in [9.17, 15) is 0 Å². The minimum absolute atomic E-state index is 0.0357. The highest BCUT2D eigenvalue weighted by Crippen LogP contribution is 2.31. The molecule has 1 N–H and O–H groups in total. The molecule has 1 aliphatic rings. The van der Waals surface area contributed by atoms with Gasteiger partial charge in [0, 0.05) is 5.56 Å². The maximum absolute atomic E-state index is 5.94. The highest BCUT2D eigenvalue weighted by Gasteiger charge is 2.39. The number of hydrogen-bond donors (Lipinski definition) is 1. The van der Waals surface area contributed by atoms with Crippen molar-refractivity contribution >= 4 is 40.6 Å². The fourth-order valence-corrected chi connectivity index (χ4v) is 1.58. The molecule has 1 atom stereocenters. The van der Waals surface area contributed by atoms with E-state index in [1.54, 1.807) is 0 Å². The van der Waals surface area contributed by atoms with Gasteiger partial charge in [-0.25, -0.2) is 15.3 Å². The summed E-state index contributed by atoms with van der Waals surface area (Å²) >= 11 is 17.5. The van der Waals surface area contributed by atoms with Crippen LogP contribution in [0.4, 0.5) is 0 Å². The van der Waals surface area contributed by atoms with E-state index in [0.717, 1.165) is 5.56 Å². The number of amidine groups is 1. The zero-order valence-corrected chi connectivity index (χ0v) is 10.4. The summed E-state index contributed by atoms with van der Waals surface area (Å²) in [5, 5.41) is 0. The van der Waals surface area contributed by atoms with Gasteiger partial charge in [-0.2, -0.15) is 0 Å². The predicted octanol–water partition coefficient (Wildman–Crippen LogP) is 2.71. The number of hydroxylamine groups is 1. The number of nitrogens with one attached hydrogen (secondary N) is 1. The van der Waals surface area contributed by atoms with Crippen LogP contribution in [0.2, 0.25) is 0 Å². The Morgan fingerprint density at radius 2 is 2.00 bits per heavy atom. The van der Waals surface area contributed by atoms with Gasteiger partial charge < -0.3 is 0 Å². The van der Waals surface area contributed by atoms with E-state index in [4.69, 9.17) is 39.6 Å². The van der Waals surface area contributed by atoms with E-state index in [2.05, 4.69) is 10.5 Å². The molecular weight excluding hydrogens is 270 g/mol. The third-order valence-electron chi connectivity index (χ3n) is 2.10. The summed E-state index contributed by atoms with van der Waals surface area (Å²) in [5.74, 6) is 0.634. The van der Waals surface area contributed by atoms with Gasteiger partial charge >= 0.3 is 0 Å². The highest BCUT2D eigenvalue weighted by molar-refractivity contribution is 6.52. The van der Waals surface area contributed by atoms with Crippen LogP contribution in [0.5, 0.6) is 0 Å². The smallest absolute Gasteiger partial charge is 0.211 e. The van der Waals surface area contributed by atoms with Crippen molar-refractivity contribution in [2.45, 2.75) is 10.6 Å². The summed E-state index contributed by atoms with van der Waals surface area (Å²) < 4.78 is -1.23. The topological polar surface area (TPSA) is 33.6 Å². The van der Waals surface area contributed by atoms with Crippen molar-refractivity contribution < 1.29 is 4.84 Å². The average molecular weight is 280 g/mol. The van der Waals surface area contributed by atoms with Gasteiger partial charge in [-0.15, -0.1) is 11.6 Å². The van der Waals surface area contributed by atoms with Crippen LogP contribution < -0.4 is 5.48 Å². The molecule has 0 amide bonds. The molecule has 0 bridgehead atoms. The van der Waals surface area contributed by atoms with Crippen molar-refractivity contribution in [1.29, 1.82) is 0 Å². The van der Waals surface area contributed by atoms with Crippen molar-refractivity contribution in [2.24, 2.45) is 4.99 Å². The van der Waals surface area contributed by atoms with Crippen molar-refractivity contribution in [2.75, 3.05) is 5.88 Å². The number of rotatable bonds is 3. The van der Waals surface area contributed by atoms with Crippen LogP contribution >= 0.6 is 34.8 Å². The second-order valence-corrected chi connectivity index (χ2v) is 5.12. The van der Waals surface area contributed by atoms with Gasteiger partial charge in [0.2, 0.25) is 6.23 Å². The van der Waals surface area contributed by atoms with E-state index in [0.29, 0.717) is 5.84 Å². The molecule has 16 heavy (non-hydrogen) atoms. The molecule has 86 valence electrons. The van der Waals surface area contributed by atoms with Gasteiger partial charge in [-0.3, -0.25) is 0 Å². The summed E-state index contributed by atoms with van der Waals surface area (Å²) in [5.41, 5.74) is 3.59. The lowest BCUT2D eigenvalue weighted by molar-refractivity contribution is 0.0319. The molecule has 0 radical (unpaired) electrons. The molecule has 2 rings (SSSR count). The molecule has 1 unspecified atom stereocenters. The van der Waals surface area contributed by atoms with Crippen molar-refractivity contribution in [3.05, 3.63) is 35.9 Å². The Morgan fingerprint density at radius 3 is 2.62 bits per heavy atom. The van der Waals surface area contributed by atoms with Crippen LogP contribution in [-0.2, 0) is 4.84 Å². The van der Waals surface area contributed by atoms with Crippen molar-refractivity contribution in [1.82, 2.24) is 5.48 Å². The number of alkyl halides is 3. The zero-order chi connectivity index (χ0) is 11.6. The number of halogens is 3. The number of aliphatic imine (C=N–C) groups is 1. The van der Waals surface area contributed by atoms with E-state index >= 15 is 0 Å². The molecule has 1 aliphatic heterocycles. The lowest BCUT2D eigenvalue weighted by atomic mass is 10.2. The molecule has 1 heterocycles. The van der Waals surface area contributed by atoms with E-state index < -0.39 is 10.6 Å². The summed E-state index contributed by atoms with van der Waals surface area (Å²) in [7, 11) is 0. The van der Waals surface area contributed by atoms with Crippen molar-refractivity contribution in [3.8, 4) is 0 Å². The average Bonchev–Trinajstić information content (AvgIpc) is 2.80. The Morgan fingerprint density at radius 1 is 1.31 bits per heavy atom. The second kappa shape index (κ2) is 4.80. The highest BCUT2D eigenvalue weighted by atomic mass is 35.5. The standard InChI is InChI=1S/C10H9Cl3N2O/c11-6-10(12,13)9-14-8(15-16-9)7-4-2-1-3-5-7/h1-5,9H,6H2,(H,14,15). The molecule has 0 aliphatic carbocycles. The molecule has 0 fully saturated rings. The van der Waals surface area contributed by atoms with Crippen LogP contribution in [0.1, 0.15) is 5.56 Å². The maximum Gasteiger partial charge on any atom is 0.211 e. The molecule has 0 saturated heterocycles. The first-order valence-electron chi connectivity index (χ1n) is 4.62. The van der Waals surface area contributed by atoms with Crippen LogP contribution in [-0.4, -0.2) is 22.3 Å². The van der Waals surface area contributed by atoms with E-state index in [-0.39, 0.29) is 5.88 Å². The quantitative estimate of drug-likeness (QED) is 0.863. The van der Waals surface area contributed by atoms with Crippen LogP contribution in [0, 0.1) is 0 Å². The Labute approximate surface area is 108 Å². The van der Waals surface area contributed by atoms with E-state index in [1.165, 1.54) is 0 Å². The largest absolute Gasteiger partial charge is 0.246 e. The second-order valence-electron chi connectivity index (χ2n) is 3.31. The zero-order valence-electron chi connectivity index (χ0n) is 8.16. The minimum atomic E-state index is -1.23. The van der Waals surface area contributed by atoms with Crippen LogP contribution in [0.15, 0.2) is 35.3 Å².